The molecule has 1 aliphatic heterocycles. The fourth-order valence-electron chi connectivity index (χ4n) is 2.94. The smallest absolute Gasteiger partial charge is 0.320 e. The highest BCUT2D eigenvalue weighted by Gasteiger charge is 2.54. The molecule has 1 atom stereocenters. The predicted octanol–water partition coefficient (Wildman–Crippen LogP) is 2.17. The average Bonchev–Trinajstić information content (AvgIpc) is 3.10. The monoisotopic (exact) mass is 245 g/mol. The molecule has 3 nitrogen and oxygen atoms in total. The van der Waals surface area contributed by atoms with Crippen LogP contribution in [0.3, 0.4) is 0 Å². The molecule has 1 aromatic rings. The van der Waals surface area contributed by atoms with Crippen LogP contribution in [-0.2, 0) is 11.2 Å². The molecule has 96 valence electrons. The van der Waals surface area contributed by atoms with Crippen LogP contribution in [0, 0.1) is 5.41 Å². The van der Waals surface area contributed by atoms with E-state index in [2.05, 4.69) is 17.0 Å². The van der Waals surface area contributed by atoms with Gasteiger partial charge in [-0.15, -0.1) is 0 Å². The Morgan fingerprint density at radius 2 is 1.94 bits per heavy atom. The van der Waals surface area contributed by atoms with E-state index in [4.69, 9.17) is 0 Å². The molecule has 1 unspecified atom stereocenters. The van der Waals surface area contributed by atoms with Crippen LogP contribution in [0.15, 0.2) is 30.3 Å². The molecule has 1 N–H and O–H groups in total. The third-order valence-electron chi connectivity index (χ3n) is 4.31. The van der Waals surface area contributed by atoms with Crippen LogP contribution < -0.4 is 0 Å². The summed E-state index contributed by atoms with van der Waals surface area (Å²) in [5.74, 6) is -0.665. The normalized spacial score (nSPS) is 22.4. The second kappa shape index (κ2) is 4.39. The van der Waals surface area contributed by atoms with E-state index in [1.807, 2.05) is 18.2 Å². The average molecular weight is 245 g/mol. The summed E-state index contributed by atoms with van der Waals surface area (Å²) in [5.41, 5.74) is 1.76. The van der Waals surface area contributed by atoms with Crippen molar-refractivity contribution in [3.05, 3.63) is 35.9 Å². The standard InChI is InChI=1S/C15H19NO2/c17-14(18)13(16-10-15(11-16)8-9-15)7-6-12-4-2-1-3-5-12/h1-5,13H,6-11H2,(H,17,18). The molecular weight excluding hydrogens is 226 g/mol. The fraction of sp³-hybridized carbons (Fsp3) is 0.533. The van der Waals surface area contributed by atoms with Crippen molar-refractivity contribution in [2.75, 3.05) is 13.1 Å². The number of nitrogens with zero attached hydrogens (tertiary/aromatic N) is 1. The van der Waals surface area contributed by atoms with Crippen LogP contribution >= 0.6 is 0 Å². The van der Waals surface area contributed by atoms with Crippen molar-refractivity contribution in [2.45, 2.75) is 31.7 Å². The van der Waals surface area contributed by atoms with E-state index in [9.17, 15) is 9.90 Å². The minimum absolute atomic E-state index is 0.295. The van der Waals surface area contributed by atoms with Crippen molar-refractivity contribution in [1.29, 1.82) is 0 Å². The van der Waals surface area contributed by atoms with Gasteiger partial charge in [-0.05, 0) is 36.7 Å². The van der Waals surface area contributed by atoms with E-state index in [-0.39, 0.29) is 6.04 Å². The topological polar surface area (TPSA) is 40.5 Å². The minimum Gasteiger partial charge on any atom is -0.480 e. The first-order valence-corrected chi connectivity index (χ1v) is 6.69. The SMILES string of the molecule is O=C(O)C(CCc1ccccc1)N1CC2(CC2)C1. The van der Waals surface area contributed by atoms with Crippen LogP contribution in [-0.4, -0.2) is 35.1 Å². The van der Waals surface area contributed by atoms with Crippen molar-refractivity contribution in [2.24, 2.45) is 5.41 Å². The molecule has 1 aromatic carbocycles. The summed E-state index contributed by atoms with van der Waals surface area (Å²) in [6, 6.07) is 9.85. The number of rotatable bonds is 5. The van der Waals surface area contributed by atoms with Gasteiger partial charge in [-0.2, -0.15) is 0 Å². The molecule has 1 saturated carbocycles. The number of carboxylic acid groups (broad SMARTS) is 1. The molecular formula is C15H19NO2. The molecule has 0 aromatic heterocycles. The first-order valence-electron chi connectivity index (χ1n) is 6.69. The highest BCUT2D eigenvalue weighted by atomic mass is 16.4. The van der Waals surface area contributed by atoms with Gasteiger partial charge in [0.25, 0.3) is 0 Å². The fourth-order valence-corrected chi connectivity index (χ4v) is 2.94. The first-order chi connectivity index (χ1) is 8.69. The Bertz CT molecular complexity index is 431. The highest BCUT2D eigenvalue weighted by Crippen LogP contribution is 2.53. The summed E-state index contributed by atoms with van der Waals surface area (Å²) < 4.78 is 0. The van der Waals surface area contributed by atoms with Crippen LogP contribution in [0.1, 0.15) is 24.8 Å². The van der Waals surface area contributed by atoms with Gasteiger partial charge >= 0.3 is 5.97 Å². The molecule has 18 heavy (non-hydrogen) atoms. The maximum absolute atomic E-state index is 11.3. The Balaban J connectivity index is 1.56. The first kappa shape index (κ1) is 11.7. The van der Waals surface area contributed by atoms with Gasteiger partial charge in [-0.3, -0.25) is 9.69 Å². The van der Waals surface area contributed by atoms with E-state index in [1.54, 1.807) is 0 Å². The van der Waals surface area contributed by atoms with Crippen molar-refractivity contribution < 1.29 is 9.90 Å². The number of aliphatic carboxylic acids is 1. The van der Waals surface area contributed by atoms with Crippen LogP contribution in [0.4, 0.5) is 0 Å². The predicted molar refractivity (Wildman–Crippen MR) is 69.4 cm³/mol. The lowest BCUT2D eigenvalue weighted by atomic mass is 9.92. The zero-order valence-electron chi connectivity index (χ0n) is 10.5. The Morgan fingerprint density at radius 1 is 1.28 bits per heavy atom. The molecule has 2 aliphatic rings. The van der Waals surface area contributed by atoms with Crippen molar-refractivity contribution in [3.8, 4) is 0 Å². The van der Waals surface area contributed by atoms with Gasteiger partial charge in [0.2, 0.25) is 0 Å². The zero-order chi connectivity index (χ0) is 12.6. The third kappa shape index (κ3) is 2.27. The van der Waals surface area contributed by atoms with E-state index in [1.165, 1.54) is 18.4 Å². The Hall–Kier alpha value is -1.35. The number of likely N-dealkylation sites (tertiary alicyclic amines) is 1. The lowest BCUT2D eigenvalue weighted by Crippen LogP contribution is -2.56. The van der Waals surface area contributed by atoms with Gasteiger partial charge in [0.15, 0.2) is 0 Å². The zero-order valence-corrected chi connectivity index (χ0v) is 10.5. The number of hydrogen-bond donors (Lipinski definition) is 1. The summed E-state index contributed by atoms with van der Waals surface area (Å²) in [5, 5.41) is 9.34. The summed E-state index contributed by atoms with van der Waals surface area (Å²) in [6.45, 7) is 2.00. The lowest BCUT2D eigenvalue weighted by molar-refractivity contribution is -0.147. The van der Waals surface area contributed by atoms with E-state index in [0.717, 1.165) is 25.9 Å². The minimum atomic E-state index is -0.665. The van der Waals surface area contributed by atoms with Gasteiger partial charge in [0.1, 0.15) is 6.04 Å². The molecule has 3 heteroatoms. The van der Waals surface area contributed by atoms with E-state index in [0.29, 0.717) is 5.41 Å². The van der Waals surface area contributed by atoms with Crippen LogP contribution in [0.5, 0.6) is 0 Å². The number of hydrogen-bond acceptors (Lipinski definition) is 2. The maximum Gasteiger partial charge on any atom is 0.320 e. The van der Waals surface area contributed by atoms with Crippen molar-refractivity contribution >= 4 is 5.97 Å². The Morgan fingerprint density at radius 3 is 2.50 bits per heavy atom. The molecule has 1 spiro atoms. The second-order valence-corrected chi connectivity index (χ2v) is 5.78. The number of benzene rings is 1. The summed E-state index contributed by atoms with van der Waals surface area (Å²) in [7, 11) is 0. The second-order valence-electron chi connectivity index (χ2n) is 5.78. The van der Waals surface area contributed by atoms with Gasteiger partial charge in [-0.1, -0.05) is 30.3 Å². The summed E-state index contributed by atoms with van der Waals surface area (Å²) in [4.78, 5) is 13.5. The molecule has 0 radical (unpaired) electrons. The molecule has 2 fully saturated rings. The van der Waals surface area contributed by atoms with Gasteiger partial charge in [0.05, 0.1) is 0 Å². The van der Waals surface area contributed by atoms with Crippen molar-refractivity contribution in [3.63, 3.8) is 0 Å². The summed E-state index contributed by atoms with van der Waals surface area (Å²) in [6.07, 6.45) is 4.17. The van der Waals surface area contributed by atoms with E-state index >= 15 is 0 Å². The molecule has 1 aliphatic carbocycles. The third-order valence-corrected chi connectivity index (χ3v) is 4.31. The quantitative estimate of drug-likeness (QED) is 0.864. The number of carboxylic acids is 1. The summed E-state index contributed by atoms with van der Waals surface area (Å²) >= 11 is 0. The van der Waals surface area contributed by atoms with Crippen LogP contribution in [0.2, 0.25) is 0 Å². The van der Waals surface area contributed by atoms with Gasteiger partial charge < -0.3 is 5.11 Å². The van der Waals surface area contributed by atoms with Crippen LogP contribution in [0.25, 0.3) is 0 Å². The number of carbonyl (C=O) groups is 1. The highest BCUT2D eigenvalue weighted by molar-refractivity contribution is 5.73. The molecule has 1 heterocycles. The Kier molecular flexibility index (Phi) is 2.86. The Labute approximate surface area is 107 Å². The van der Waals surface area contributed by atoms with Gasteiger partial charge in [0, 0.05) is 13.1 Å². The molecule has 0 bridgehead atoms. The molecule has 1 saturated heterocycles. The van der Waals surface area contributed by atoms with Crippen molar-refractivity contribution in [1.82, 2.24) is 4.90 Å². The maximum atomic E-state index is 11.3. The molecule has 0 amide bonds. The van der Waals surface area contributed by atoms with E-state index < -0.39 is 5.97 Å². The number of aryl methyl sites for hydroxylation is 1. The lowest BCUT2D eigenvalue weighted by Gasteiger charge is -2.43. The van der Waals surface area contributed by atoms with Gasteiger partial charge in [-0.25, -0.2) is 0 Å². The molecule has 3 rings (SSSR count). The largest absolute Gasteiger partial charge is 0.480 e.